The van der Waals surface area contributed by atoms with Gasteiger partial charge < -0.3 is 5.73 Å². The third-order valence-electron chi connectivity index (χ3n) is 3.34. The first kappa shape index (κ1) is 17.0. The molecule has 0 amide bonds. The van der Waals surface area contributed by atoms with Crippen molar-refractivity contribution in [3.05, 3.63) is 29.6 Å². The van der Waals surface area contributed by atoms with Crippen LogP contribution in [0.4, 0.5) is 4.39 Å². The summed E-state index contributed by atoms with van der Waals surface area (Å²) in [4.78, 5) is -0.445. The molecule has 0 saturated heterocycles. The van der Waals surface area contributed by atoms with Gasteiger partial charge in [0.25, 0.3) is 0 Å². The lowest BCUT2D eigenvalue weighted by Crippen LogP contribution is -2.37. The molecule has 7 heteroatoms. The molecule has 0 atom stereocenters. The van der Waals surface area contributed by atoms with E-state index in [4.69, 9.17) is 18.0 Å². The third kappa shape index (κ3) is 3.16. The van der Waals surface area contributed by atoms with E-state index in [-0.39, 0.29) is 21.5 Å². The zero-order chi connectivity index (χ0) is 15.5. The van der Waals surface area contributed by atoms with Gasteiger partial charge in [-0.2, -0.15) is 4.31 Å². The summed E-state index contributed by atoms with van der Waals surface area (Å²) < 4.78 is 40.3. The average molecular weight is 318 g/mol. The van der Waals surface area contributed by atoms with E-state index in [1.54, 1.807) is 0 Å². The van der Waals surface area contributed by atoms with Crippen molar-refractivity contribution in [1.29, 1.82) is 0 Å². The zero-order valence-electron chi connectivity index (χ0n) is 11.8. The van der Waals surface area contributed by atoms with Crippen LogP contribution in [-0.4, -0.2) is 30.8 Å². The Balaban J connectivity index is 3.44. The van der Waals surface area contributed by atoms with Crippen LogP contribution in [0.1, 0.15) is 32.3 Å². The zero-order valence-corrected chi connectivity index (χ0v) is 13.4. The van der Waals surface area contributed by atoms with E-state index in [1.807, 2.05) is 13.8 Å². The quantitative estimate of drug-likeness (QED) is 0.817. The number of halogens is 1. The van der Waals surface area contributed by atoms with Crippen LogP contribution in [0.3, 0.4) is 0 Å². The van der Waals surface area contributed by atoms with E-state index < -0.39 is 15.8 Å². The fourth-order valence-corrected chi connectivity index (χ4v) is 4.10. The molecule has 0 heterocycles. The first-order chi connectivity index (χ1) is 9.27. The molecule has 0 spiro atoms. The number of thiocarbonyl (C=S) groups is 1. The number of nitrogens with zero attached hydrogens (tertiary/aromatic N) is 1. The summed E-state index contributed by atoms with van der Waals surface area (Å²) in [7, 11) is -2.35. The van der Waals surface area contributed by atoms with Gasteiger partial charge in [-0.1, -0.05) is 32.1 Å². The molecule has 1 aromatic rings. The van der Waals surface area contributed by atoms with Crippen molar-refractivity contribution in [2.75, 3.05) is 7.05 Å². The van der Waals surface area contributed by atoms with Gasteiger partial charge >= 0.3 is 0 Å². The Morgan fingerprint density at radius 3 is 2.40 bits per heavy atom. The molecule has 2 N–H and O–H groups in total. The van der Waals surface area contributed by atoms with E-state index in [0.717, 1.165) is 6.07 Å². The van der Waals surface area contributed by atoms with Crippen molar-refractivity contribution in [2.24, 2.45) is 5.73 Å². The molecule has 0 fully saturated rings. The second kappa shape index (κ2) is 6.60. The second-order valence-corrected chi connectivity index (χ2v) is 6.87. The lowest BCUT2D eigenvalue weighted by Gasteiger charge is -2.26. The largest absolute Gasteiger partial charge is 0.389 e. The molecule has 1 aromatic carbocycles. The van der Waals surface area contributed by atoms with Crippen LogP contribution in [0.2, 0.25) is 0 Å². The molecular formula is C13H19FN2O2S2. The molecular weight excluding hydrogens is 299 g/mol. The monoisotopic (exact) mass is 318 g/mol. The fraction of sp³-hybridized carbons (Fsp3) is 0.462. The van der Waals surface area contributed by atoms with Gasteiger partial charge in [0.05, 0.1) is 10.5 Å². The van der Waals surface area contributed by atoms with Gasteiger partial charge in [0.1, 0.15) is 10.8 Å². The molecule has 0 unspecified atom stereocenters. The summed E-state index contributed by atoms with van der Waals surface area (Å²) in [5.74, 6) is -0.725. The summed E-state index contributed by atoms with van der Waals surface area (Å²) >= 11 is 4.77. The predicted molar refractivity (Wildman–Crippen MR) is 81.6 cm³/mol. The van der Waals surface area contributed by atoms with E-state index >= 15 is 0 Å². The Labute approximate surface area is 124 Å². The smallest absolute Gasteiger partial charge is 0.243 e. The van der Waals surface area contributed by atoms with Crippen LogP contribution in [-0.2, 0) is 10.0 Å². The maximum absolute atomic E-state index is 13.8. The van der Waals surface area contributed by atoms with Gasteiger partial charge in [0.2, 0.25) is 10.0 Å². The molecule has 4 nitrogen and oxygen atoms in total. The van der Waals surface area contributed by atoms with Crippen molar-refractivity contribution in [1.82, 2.24) is 4.31 Å². The summed E-state index contributed by atoms with van der Waals surface area (Å²) in [6.07, 6.45) is 1.34. The highest BCUT2D eigenvalue weighted by Gasteiger charge is 2.30. The Kier molecular flexibility index (Phi) is 5.61. The minimum absolute atomic E-state index is 0.150. The normalized spacial score (nSPS) is 12.1. The summed E-state index contributed by atoms with van der Waals surface area (Å²) in [6.45, 7) is 3.81. The van der Waals surface area contributed by atoms with E-state index in [1.165, 1.54) is 23.5 Å². The van der Waals surface area contributed by atoms with Gasteiger partial charge in [-0.25, -0.2) is 12.8 Å². The predicted octanol–water partition coefficient (Wildman–Crippen LogP) is 2.27. The molecule has 0 radical (unpaired) electrons. The van der Waals surface area contributed by atoms with Gasteiger partial charge in [-0.15, -0.1) is 0 Å². The van der Waals surface area contributed by atoms with Crippen molar-refractivity contribution in [2.45, 2.75) is 37.6 Å². The minimum atomic E-state index is -3.83. The Morgan fingerprint density at radius 1 is 1.40 bits per heavy atom. The lowest BCUT2D eigenvalue weighted by atomic mass is 10.2. The number of rotatable bonds is 6. The average Bonchev–Trinajstić information content (AvgIpc) is 2.39. The molecule has 0 aromatic heterocycles. The number of hydrogen-bond donors (Lipinski definition) is 1. The third-order valence-corrected chi connectivity index (χ3v) is 5.49. The SMILES string of the molecule is CCC(CC)N(C)S(=O)(=O)c1cccc(F)c1C(N)=S. The van der Waals surface area contributed by atoms with Crippen molar-refractivity contribution in [3.63, 3.8) is 0 Å². The van der Waals surface area contributed by atoms with Crippen LogP contribution in [0.15, 0.2) is 23.1 Å². The molecule has 0 aliphatic carbocycles. The molecule has 0 saturated carbocycles. The topological polar surface area (TPSA) is 63.4 Å². The van der Waals surface area contributed by atoms with Crippen LogP contribution in [0, 0.1) is 5.82 Å². The highest BCUT2D eigenvalue weighted by molar-refractivity contribution is 7.89. The summed E-state index contributed by atoms with van der Waals surface area (Å²) in [6, 6.07) is 3.66. The Morgan fingerprint density at radius 2 is 1.95 bits per heavy atom. The Bertz CT molecular complexity index is 598. The first-order valence-electron chi connectivity index (χ1n) is 6.33. The molecule has 0 bridgehead atoms. The Hall–Kier alpha value is -1.05. The highest BCUT2D eigenvalue weighted by Crippen LogP contribution is 2.24. The number of sulfonamides is 1. The maximum Gasteiger partial charge on any atom is 0.243 e. The van der Waals surface area contributed by atoms with Crippen LogP contribution in [0.25, 0.3) is 0 Å². The summed E-state index contributed by atoms with van der Waals surface area (Å²) in [5, 5.41) is 0. The van der Waals surface area contributed by atoms with Crippen molar-refractivity contribution >= 4 is 27.2 Å². The van der Waals surface area contributed by atoms with Gasteiger partial charge in [0.15, 0.2) is 0 Å². The van der Waals surface area contributed by atoms with Gasteiger partial charge in [-0.05, 0) is 25.0 Å². The molecule has 0 aliphatic rings. The number of nitrogens with two attached hydrogens (primary N) is 1. The molecule has 112 valence electrons. The standard InChI is InChI=1S/C13H19FN2O2S2/c1-4-9(5-2)16(3)20(17,18)11-8-6-7-10(14)12(11)13(15)19/h6-9H,4-5H2,1-3H3,(H2,15,19). The van der Waals surface area contributed by atoms with Crippen LogP contribution < -0.4 is 5.73 Å². The van der Waals surface area contributed by atoms with Gasteiger partial charge in [0, 0.05) is 13.1 Å². The summed E-state index contributed by atoms with van der Waals surface area (Å²) in [5.41, 5.74) is 5.24. The van der Waals surface area contributed by atoms with Crippen molar-refractivity contribution < 1.29 is 12.8 Å². The maximum atomic E-state index is 13.8. The lowest BCUT2D eigenvalue weighted by molar-refractivity contribution is 0.349. The van der Waals surface area contributed by atoms with Crippen LogP contribution >= 0.6 is 12.2 Å². The fourth-order valence-electron chi connectivity index (χ4n) is 2.11. The molecule has 0 aliphatic heterocycles. The van der Waals surface area contributed by atoms with E-state index in [2.05, 4.69) is 0 Å². The first-order valence-corrected chi connectivity index (χ1v) is 8.18. The number of hydrogen-bond acceptors (Lipinski definition) is 3. The van der Waals surface area contributed by atoms with Crippen LogP contribution in [0.5, 0.6) is 0 Å². The van der Waals surface area contributed by atoms with E-state index in [0.29, 0.717) is 12.8 Å². The second-order valence-electron chi connectivity index (χ2n) is 4.47. The van der Waals surface area contributed by atoms with E-state index in [9.17, 15) is 12.8 Å². The molecule has 20 heavy (non-hydrogen) atoms. The highest BCUT2D eigenvalue weighted by atomic mass is 32.2. The van der Waals surface area contributed by atoms with Gasteiger partial charge in [-0.3, -0.25) is 0 Å². The number of benzene rings is 1. The minimum Gasteiger partial charge on any atom is -0.389 e. The molecule has 1 rings (SSSR count). The van der Waals surface area contributed by atoms with Crippen molar-refractivity contribution in [3.8, 4) is 0 Å².